The van der Waals surface area contributed by atoms with Crippen molar-refractivity contribution in [3.05, 3.63) is 35.9 Å². The molecule has 0 aliphatic rings. The zero-order chi connectivity index (χ0) is 11.4. The Morgan fingerprint density at radius 3 is 2.07 bits per heavy atom. The number of carboxylic acids is 1. The number of carbonyl (C=O) groups is 2. The van der Waals surface area contributed by atoms with E-state index < -0.39 is 17.7 Å². The molecule has 0 radical (unpaired) electrons. The maximum atomic E-state index is 11.5. The van der Waals surface area contributed by atoms with Gasteiger partial charge < -0.3 is 5.11 Å². The molecule has 0 aromatic heterocycles. The Labute approximate surface area is 88.7 Å². The van der Waals surface area contributed by atoms with Crippen LogP contribution in [0.5, 0.6) is 0 Å². The molecule has 80 valence electrons. The molecule has 0 heterocycles. The van der Waals surface area contributed by atoms with Crippen molar-refractivity contribution >= 4 is 11.8 Å². The number of ketones is 1. The van der Waals surface area contributed by atoms with Crippen molar-refractivity contribution in [2.45, 2.75) is 19.8 Å². The van der Waals surface area contributed by atoms with Crippen LogP contribution >= 0.6 is 0 Å². The molecule has 1 aromatic rings. The smallest absolute Gasteiger partial charge is 0.372 e. The monoisotopic (exact) mass is 206 g/mol. The van der Waals surface area contributed by atoms with Crippen LogP contribution in [0.3, 0.4) is 0 Å². The highest BCUT2D eigenvalue weighted by Crippen LogP contribution is 2.25. The Bertz CT molecular complexity index is 354. The second kappa shape index (κ2) is 4.73. The zero-order valence-electron chi connectivity index (χ0n) is 8.81. The second-order valence-electron chi connectivity index (χ2n) is 3.80. The van der Waals surface area contributed by atoms with E-state index in [4.69, 9.17) is 5.11 Å². The summed E-state index contributed by atoms with van der Waals surface area (Å²) in [5.41, 5.74) is 0.764. The molecule has 1 N–H and O–H groups in total. The molecule has 0 aliphatic carbocycles. The fourth-order valence-electron chi connectivity index (χ4n) is 1.63. The van der Waals surface area contributed by atoms with E-state index in [0.29, 0.717) is 0 Å². The lowest BCUT2D eigenvalue weighted by molar-refractivity contribution is -0.150. The number of aliphatic carboxylic acids is 1. The molecule has 0 fully saturated rings. The van der Waals surface area contributed by atoms with Gasteiger partial charge >= 0.3 is 5.97 Å². The van der Waals surface area contributed by atoms with Crippen LogP contribution in [-0.2, 0) is 9.59 Å². The predicted octanol–water partition coefficient (Wildman–Crippen LogP) is 2.08. The third-order valence-corrected chi connectivity index (χ3v) is 2.32. The van der Waals surface area contributed by atoms with Gasteiger partial charge in [-0.05, 0) is 11.5 Å². The Hall–Kier alpha value is -1.64. The summed E-state index contributed by atoms with van der Waals surface area (Å²) < 4.78 is 0. The van der Waals surface area contributed by atoms with Gasteiger partial charge in [0.2, 0.25) is 5.78 Å². The van der Waals surface area contributed by atoms with E-state index in [-0.39, 0.29) is 5.92 Å². The van der Waals surface area contributed by atoms with Crippen LogP contribution < -0.4 is 0 Å². The predicted molar refractivity (Wildman–Crippen MR) is 56.7 cm³/mol. The lowest BCUT2D eigenvalue weighted by Crippen LogP contribution is -2.25. The highest BCUT2D eigenvalue weighted by atomic mass is 16.4. The summed E-state index contributed by atoms with van der Waals surface area (Å²) in [6.07, 6.45) is 0. The molecule has 0 amide bonds. The number of carbonyl (C=O) groups excluding carboxylic acids is 1. The lowest BCUT2D eigenvalue weighted by Gasteiger charge is -2.17. The summed E-state index contributed by atoms with van der Waals surface area (Å²) in [6, 6.07) is 9.02. The highest BCUT2D eigenvalue weighted by molar-refractivity contribution is 6.35. The number of carboxylic acid groups (broad SMARTS) is 1. The standard InChI is InChI=1S/C12H14O3/c1-8(2)10(11(13)12(14)15)9-6-4-3-5-7-9/h3-8,10H,1-2H3,(H,14,15). The summed E-state index contributed by atoms with van der Waals surface area (Å²) in [4.78, 5) is 22.2. The second-order valence-corrected chi connectivity index (χ2v) is 3.80. The Morgan fingerprint density at radius 2 is 1.67 bits per heavy atom. The fraction of sp³-hybridized carbons (Fsp3) is 0.333. The average molecular weight is 206 g/mol. The van der Waals surface area contributed by atoms with Crippen LogP contribution in [0.1, 0.15) is 25.3 Å². The quantitative estimate of drug-likeness (QED) is 0.767. The van der Waals surface area contributed by atoms with Crippen molar-refractivity contribution in [2.75, 3.05) is 0 Å². The fourth-order valence-corrected chi connectivity index (χ4v) is 1.63. The van der Waals surface area contributed by atoms with Crippen molar-refractivity contribution in [1.82, 2.24) is 0 Å². The zero-order valence-corrected chi connectivity index (χ0v) is 8.81. The summed E-state index contributed by atoms with van der Waals surface area (Å²) in [6.45, 7) is 3.69. The topological polar surface area (TPSA) is 54.4 Å². The largest absolute Gasteiger partial charge is 0.475 e. The van der Waals surface area contributed by atoms with Gasteiger partial charge in [0.15, 0.2) is 0 Å². The first kappa shape index (κ1) is 11.4. The van der Waals surface area contributed by atoms with E-state index in [1.165, 1.54) is 0 Å². The minimum absolute atomic E-state index is 0.0176. The molecule has 1 atom stereocenters. The molecule has 0 spiro atoms. The van der Waals surface area contributed by atoms with Crippen molar-refractivity contribution < 1.29 is 14.7 Å². The van der Waals surface area contributed by atoms with Crippen LogP contribution in [0.15, 0.2) is 30.3 Å². The van der Waals surface area contributed by atoms with E-state index in [1.807, 2.05) is 19.9 Å². The van der Waals surface area contributed by atoms with Gasteiger partial charge in [0.25, 0.3) is 0 Å². The molecule has 0 saturated carbocycles. The molecule has 1 unspecified atom stereocenters. The molecule has 0 bridgehead atoms. The van der Waals surface area contributed by atoms with Gasteiger partial charge in [0, 0.05) is 0 Å². The maximum absolute atomic E-state index is 11.5. The van der Waals surface area contributed by atoms with Gasteiger partial charge in [-0.1, -0.05) is 44.2 Å². The first-order chi connectivity index (χ1) is 7.04. The normalized spacial score (nSPS) is 12.5. The molecular weight excluding hydrogens is 192 g/mol. The SMILES string of the molecule is CC(C)C(C(=O)C(=O)O)c1ccccc1. The van der Waals surface area contributed by atoms with Crippen molar-refractivity contribution in [1.29, 1.82) is 0 Å². The van der Waals surface area contributed by atoms with Gasteiger partial charge in [-0.3, -0.25) is 4.79 Å². The van der Waals surface area contributed by atoms with Crippen molar-refractivity contribution in [3.8, 4) is 0 Å². The third-order valence-electron chi connectivity index (χ3n) is 2.32. The van der Waals surface area contributed by atoms with E-state index >= 15 is 0 Å². The van der Waals surface area contributed by atoms with Crippen LogP contribution in [0.4, 0.5) is 0 Å². The number of hydrogen-bond acceptors (Lipinski definition) is 2. The minimum atomic E-state index is -1.36. The van der Waals surface area contributed by atoms with Crippen molar-refractivity contribution in [3.63, 3.8) is 0 Å². The van der Waals surface area contributed by atoms with E-state index in [1.54, 1.807) is 24.3 Å². The lowest BCUT2D eigenvalue weighted by atomic mass is 9.85. The minimum Gasteiger partial charge on any atom is -0.475 e. The molecule has 1 aromatic carbocycles. The Balaban J connectivity index is 3.04. The average Bonchev–Trinajstić information content (AvgIpc) is 2.18. The molecule has 3 heteroatoms. The molecule has 1 rings (SSSR count). The number of Topliss-reactive ketones (excluding diaryl/α,β-unsaturated/α-hetero) is 1. The van der Waals surface area contributed by atoms with Crippen LogP contribution in [0.25, 0.3) is 0 Å². The summed E-state index contributed by atoms with van der Waals surface area (Å²) in [5.74, 6) is -2.67. The van der Waals surface area contributed by atoms with Gasteiger partial charge in [0.05, 0.1) is 5.92 Å². The molecule has 15 heavy (non-hydrogen) atoms. The summed E-state index contributed by atoms with van der Waals surface area (Å²) in [7, 11) is 0. The third kappa shape index (κ3) is 2.65. The van der Waals surface area contributed by atoms with Gasteiger partial charge in [0.1, 0.15) is 0 Å². The van der Waals surface area contributed by atoms with Gasteiger partial charge in [-0.15, -0.1) is 0 Å². The van der Waals surface area contributed by atoms with Gasteiger partial charge in [-0.25, -0.2) is 4.79 Å². The first-order valence-corrected chi connectivity index (χ1v) is 4.86. The number of rotatable bonds is 4. The number of benzene rings is 1. The Morgan fingerprint density at radius 1 is 1.13 bits per heavy atom. The molecule has 0 saturated heterocycles. The summed E-state index contributed by atoms with van der Waals surface area (Å²) >= 11 is 0. The van der Waals surface area contributed by atoms with E-state index in [2.05, 4.69) is 0 Å². The Kier molecular flexibility index (Phi) is 3.61. The van der Waals surface area contributed by atoms with Gasteiger partial charge in [-0.2, -0.15) is 0 Å². The van der Waals surface area contributed by atoms with Crippen molar-refractivity contribution in [2.24, 2.45) is 5.92 Å². The van der Waals surface area contributed by atoms with E-state index in [9.17, 15) is 9.59 Å². The first-order valence-electron chi connectivity index (χ1n) is 4.86. The van der Waals surface area contributed by atoms with Crippen LogP contribution in [-0.4, -0.2) is 16.9 Å². The molecular formula is C12H14O3. The van der Waals surface area contributed by atoms with E-state index in [0.717, 1.165) is 5.56 Å². The highest BCUT2D eigenvalue weighted by Gasteiger charge is 2.28. The maximum Gasteiger partial charge on any atom is 0.372 e. The number of hydrogen-bond donors (Lipinski definition) is 1. The van der Waals surface area contributed by atoms with Crippen LogP contribution in [0.2, 0.25) is 0 Å². The molecule has 3 nitrogen and oxygen atoms in total. The molecule has 0 aliphatic heterocycles. The summed E-state index contributed by atoms with van der Waals surface area (Å²) in [5, 5.41) is 8.71. The van der Waals surface area contributed by atoms with Crippen LogP contribution in [0, 0.1) is 5.92 Å².